The minimum absolute atomic E-state index is 0.0442. The van der Waals surface area contributed by atoms with E-state index in [1.54, 1.807) is 19.0 Å². The third-order valence-electron chi connectivity index (χ3n) is 6.36. The van der Waals surface area contributed by atoms with Gasteiger partial charge in [0, 0.05) is 62.0 Å². The first kappa shape index (κ1) is 22.6. The Hall–Kier alpha value is -3.55. The third kappa shape index (κ3) is 4.65. The number of aryl methyl sites for hydroxylation is 2. The van der Waals surface area contributed by atoms with Gasteiger partial charge < -0.3 is 15.5 Å². The number of fused-ring (bicyclic) bond motifs is 1. The lowest BCUT2D eigenvalue weighted by Gasteiger charge is -2.18. The monoisotopic (exact) mass is 446 g/mol. The van der Waals surface area contributed by atoms with Crippen molar-refractivity contribution in [1.29, 1.82) is 0 Å². The molecule has 1 aromatic carbocycles. The van der Waals surface area contributed by atoms with Crippen LogP contribution in [0.4, 0.5) is 5.95 Å². The lowest BCUT2D eigenvalue weighted by atomic mass is 9.99. The molecule has 1 saturated heterocycles. The number of anilines is 1. The van der Waals surface area contributed by atoms with Crippen LogP contribution in [0.1, 0.15) is 51.8 Å². The van der Waals surface area contributed by atoms with E-state index in [1.807, 2.05) is 49.1 Å². The van der Waals surface area contributed by atoms with Crippen LogP contribution < -0.4 is 5.73 Å². The minimum atomic E-state index is -0.0442. The molecule has 1 aliphatic rings. The van der Waals surface area contributed by atoms with Crippen molar-refractivity contribution in [3.63, 3.8) is 0 Å². The number of aromatic nitrogens is 3. The number of hydrogen-bond donors (Lipinski definition) is 1. The maximum atomic E-state index is 12.9. The summed E-state index contributed by atoms with van der Waals surface area (Å²) >= 11 is 0. The molecule has 1 atom stereocenters. The molecule has 1 fully saturated rings. The van der Waals surface area contributed by atoms with Crippen LogP contribution in [0.3, 0.4) is 0 Å². The summed E-state index contributed by atoms with van der Waals surface area (Å²) in [6.45, 7) is 5.09. The lowest BCUT2D eigenvalue weighted by Crippen LogP contribution is -2.29. The van der Waals surface area contributed by atoms with Crippen molar-refractivity contribution in [3.8, 4) is 0 Å². The van der Waals surface area contributed by atoms with Crippen LogP contribution in [0.2, 0.25) is 0 Å². The zero-order valence-electron chi connectivity index (χ0n) is 19.6. The standard InChI is InChI=1S/C25H30N6O2/c1-15-18(16(2)28-25(26)27-15)9-10-23(32)31-12-11-17(14-31)22-13-20(24(33)30(3)4)19-7-5-6-8-21(19)29-22/h5-8,13,17H,9-12,14H2,1-4H3,(H2,26,27,28)/t17-/m1/s1. The highest BCUT2D eigenvalue weighted by Gasteiger charge is 2.29. The zero-order valence-corrected chi connectivity index (χ0v) is 19.6. The Balaban J connectivity index is 1.50. The summed E-state index contributed by atoms with van der Waals surface area (Å²) in [6.07, 6.45) is 1.82. The minimum Gasteiger partial charge on any atom is -0.368 e. The van der Waals surface area contributed by atoms with Crippen LogP contribution in [-0.2, 0) is 11.2 Å². The molecule has 0 aliphatic carbocycles. The van der Waals surface area contributed by atoms with Gasteiger partial charge in [-0.1, -0.05) is 18.2 Å². The topological polar surface area (TPSA) is 105 Å². The van der Waals surface area contributed by atoms with Gasteiger partial charge in [0.15, 0.2) is 0 Å². The number of likely N-dealkylation sites (tertiary alicyclic amines) is 1. The van der Waals surface area contributed by atoms with Crippen molar-refractivity contribution in [2.45, 2.75) is 39.0 Å². The summed E-state index contributed by atoms with van der Waals surface area (Å²) in [7, 11) is 3.51. The van der Waals surface area contributed by atoms with E-state index < -0.39 is 0 Å². The van der Waals surface area contributed by atoms with E-state index >= 15 is 0 Å². The molecule has 1 aliphatic heterocycles. The highest BCUT2D eigenvalue weighted by molar-refractivity contribution is 6.06. The SMILES string of the molecule is Cc1nc(N)nc(C)c1CCC(=O)N1CC[C@@H](c2cc(C(=O)N(C)C)c3ccccc3n2)C1. The molecule has 2 N–H and O–H groups in total. The molecule has 2 amide bonds. The number of pyridine rings is 1. The van der Waals surface area contributed by atoms with Gasteiger partial charge in [-0.05, 0) is 44.4 Å². The predicted molar refractivity (Wildman–Crippen MR) is 128 cm³/mol. The molecule has 0 spiro atoms. The second kappa shape index (κ2) is 9.13. The fraction of sp³-hybridized carbons (Fsp3) is 0.400. The maximum absolute atomic E-state index is 12.9. The van der Waals surface area contributed by atoms with Crippen molar-refractivity contribution in [3.05, 3.63) is 58.5 Å². The van der Waals surface area contributed by atoms with E-state index in [1.165, 1.54) is 0 Å². The van der Waals surface area contributed by atoms with Gasteiger partial charge in [-0.25, -0.2) is 9.97 Å². The molecule has 0 saturated carbocycles. The average Bonchev–Trinajstić information content (AvgIpc) is 3.27. The first-order valence-electron chi connectivity index (χ1n) is 11.2. The summed E-state index contributed by atoms with van der Waals surface area (Å²) in [6, 6.07) is 9.61. The molecule has 0 bridgehead atoms. The summed E-state index contributed by atoms with van der Waals surface area (Å²) in [5.41, 5.74) is 10.7. The number of nitrogens with two attached hydrogens (primary N) is 1. The van der Waals surface area contributed by atoms with Crippen LogP contribution in [0.15, 0.2) is 30.3 Å². The molecule has 8 heteroatoms. The van der Waals surface area contributed by atoms with Crippen LogP contribution in [0, 0.1) is 13.8 Å². The van der Waals surface area contributed by atoms with Gasteiger partial charge in [0.1, 0.15) is 0 Å². The van der Waals surface area contributed by atoms with E-state index in [-0.39, 0.29) is 23.7 Å². The van der Waals surface area contributed by atoms with Gasteiger partial charge in [0.2, 0.25) is 11.9 Å². The number of rotatable bonds is 5. The highest BCUT2D eigenvalue weighted by atomic mass is 16.2. The number of nitrogens with zero attached hydrogens (tertiary/aromatic N) is 5. The number of benzene rings is 1. The van der Waals surface area contributed by atoms with Crippen molar-refractivity contribution in [2.75, 3.05) is 32.9 Å². The van der Waals surface area contributed by atoms with Gasteiger partial charge in [-0.2, -0.15) is 0 Å². The molecule has 33 heavy (non-hydrogen) atoms. The number of carbonyl (C=O) groups is 2. The third-order valence-corrected chi connectivity index (χ3v) is 6.36. The van der Waals surface area contributed by atoms with Gasteiger partial charge in [0.05, 0.1) is 11.1 Å². The largest absolute Gasteiger partial charge is 0.368 e. The van der Waals surface area contributed by atoms with Crippen LogP contribution >= 0.6 is 0 Å². The summed E-state index contributed by atoms with van der Waals surface area (Å²) in [5, 5.41) is 0.849. The number of para-hydroxylation sites is 1. The molecule has 8 nitrogen and oxygen atoms in total. The fourth-order valence-corrected chi connectivity index (χ4v) is 4.57. The Bertz CT molecular complexity index is 1200. The van der Waals surface area contributed by atoms with Crippen molar-refractivity contribution < 1.29 is 9.59 Å². The summed E-state index contributed by atoms with van der Waals surface area (Å²) in [4.78, 5) is 42.5. The van der Waals surface area contributed by atoms with E-state index in [0.29, 0.717) is 31.5 Å². The van der Waals surface area contributed by atoms with Gasteiger partial charge in [-0.3, -0.25) is 14.6 Å². The van der Waals surface area contributed by atoms with Gasteiger partial charge >= 0.3 is 0 Å². The molecule has 172 valence electrons. The molecule has 3 heterocycles. The van der Waals surface area contributed by atoms with E-state index in [4.69, 9.17) is 10.7 Å². The number of amides is 2. The van der Waals surface area contributed by atoms with Gasteiger partial charge in [0.25, 0.3) is 5.91 Å². The van der Waals surface area contributed by atoms with Gasteiger partial charge in [-0.15, -0.1) is 0 Å². The quantitative estimate of drug-likeness (QED) is 0.646. The molecule has 2 aromatic heterocycles. The molecule has 3 aromatic rings. The Morgan fingerprint density at radius 3 is 2.52 bits per heavy atom. The molecular formula is C25H30N6O2. The highest BCUT2D eigenvalue weighted by Crippen LogP contribution is 2.30. The van der Waals surface area contributed by atoms with Crippen molar-refractivity contribution >= 4 is 28.7 Å². The van der Waals surface area contributed by atoms with Crippen LogP contribution in [0.25, 0.3) is 10.9 Å². The first-order valence-corrected chi connectivity index (χ1v) is 11.2. The van der Waals surface area contributed by atoms with Crippen LogP contribution in [-0.4, -0.2) is 63.8 Å². The molecule has 0 unspecified atom stereocenters. The lowest BCUT2D eigenvalue weighted by molar-refractivity contribution is -0.130. The molecule has 4 rings (SSSR count). The zero-order chi connectivity index (χ0) is 23.7. The Kier molecular flexibility index (Phi) is 6.26. The normalized spacial score (nSPS) is 15.8. The summed E-state index contributed by atoms with van der Waals surface area (Å²) in [5.74, 6) is 0.434. The Morgan fingerprint density at radius 2 is 1.82 bits per heavy atom. The Morgan fingerprint density at radius 1 is 1.12 bits per heavy atom. The second-order valence-electron chi connectivity index (χ2n) is 8.87. The average molecular weight is 447 g/mol. The van der Waals surface area contributed by atoms with Crippen molar-refractivity contribution in [1.82, 2.24) is 24.8 Å². The Labute approximate surface area is 193 Å². The summed E-state index contributed by atoms with van der Waals surface area (Å²) < 4.78 is 0. The number of carbonyl (C=O) groups excluding carboxylic acids is 2. The van der Waals surface area contributed by atoms with E-state index in [9.17, 15) is 9.59 Å². The van der Waals surface area contributed by atoms with E-state index in [2.05, 4.69) is 9.97 Å². The molecular weight excluding hydrogens is 416 g/mol. The smallest absolute Gasteiger partial charge is 0.254 e. The fourth-order valence-electron chi connectivity index (χ4n) is 4.57. The first-order chi connectivity index (χ1) is 15.7. The number of hydrogen-bond acceptors (Lipinski definition) is 6. The molecule has 0 radical (unpaired) electrons. The predicted octanol–water partition coefficient (Wildman–Crippen LogP) is 2.87. The van der Waals surface area contributed by atoms with E-state index in [0.717, 1.165) is 40.0 Å². The maximum Gasteiger partial charge on any atom is 0.254 e. The second-order valence-corrected chi connectivity index (χ2v) is 8.87. The number of nitrogen functional groups attached to an aromatic ring is 1. The van der Waals surface area contributed by atoms with Crippen LogP contribution in [0.5, 0.6) is 0 Å². The van der Waals surface area contributed by atoms with Crippen molar-refractivity contribution in [2.24, 2.45) is 0 Å².